The van der Waals surface area contributed by atoms with Crippen molar-refractivity contribution in [2.75, 3.05) is 7.11 Å². The number of rotatable bonds is 5. The van der Waals surface area contributed by atoms with Gasteiger partial charge < -0.3 is 4.74 Å². The summed E-state index contributed by atoms with van der Waals surface area (Å²) in [5.74, 6) is 0.850. The summed E-state index contributed by atoms with van der Waals surface area (Å²) in [4.78, 5) is 10.9. The summed E-state index contributed by atoms with van der Waals surface area (Å²) < 4.78 is 5.11. The zero-order chi connectivity index (χ0) is 13.0. The summed E-state index contributed by atoms with van der Waals surface area (Å²) in [7, 11) is 1.65. The molecule has 2 aromatic rings. The van der Waals surface area contributed by atoms with Crippen molar-refractivity contribution in [2.45, 2.75) is 19.8 Å². The van der Waals surface area contributed by atoms with E-state index in [1.807, 2.05) is 31.2 Å². The van der Waals surface area contributed by atoms with E-state index in [0.29, 0.717) is 5.56 Å². The van der Waals surface area contributed by atoms with E-state index in [1.165, 1.54) is 5.56 Å². The van der Waals surface area contributed by atoms with Crippen molar-refractivity contribution in [3.05, 3.63) is 46.8 Å². The number of aromatic amines is 1. The smallest absolute Gasteiger partial charge is 0.153 e. The average molecular weight is 244 g/mol. The highest BCUT2D eigenvalue weighted by atomic mass is 16.5. The fourth-order valence-electron chi connectivity index (χ4n) is 1.89. The van der Waals surface area contributed by atoms with Gasteiger partial charge >= 0.3 is 0 Å². The van der Waals surface area contributed by atoms with Crippen LogP contribution in [0.1, 0.15) is 27.3 Å². The zero-order valence-corrected chi connectivity index (χ0v) is 10.6. The lowest BCUT2D eigenvalue weighted by atomic mass is 10.1. The third-order valence-corrected chi connectivity index (χ3v) is 3.00. The third-order valence-electron chi connectivity index (χ3n) is 3.00. The molecular weight excluding hydrogens is 228 g/mol. The number of carbonyl (C=O) groups excluding carboxylic acids is 1. The molecule has 18 heavy (non-hydrogen) atoms. The Bertz CT molecular complexity index is 529. The number of hydrogen-bond acceptors (Lipinski definition) is 3. The second kappa shape index (κ2) is 5.49. The number of methoxy groups -OCH3 is 1. The minimum Gasteiger partial charge on any atom is -0.497 e. The predicted molar refractivity (Wildman–Crippen MR) is 69.1 cm³/mol. The van der Waals surface area contributed by atoms with Crippen LogP contribution in [0.5, 0.6) is 5.75 Å². The van der Waals surface area contributed by atoms with E-state index in [9.17, 15) is 4.79 Å². The zero-order valence-electron chi connectivity index (χ0n) is 10.6. The van der Waals surface area contributed by atoms with Crippen LogP contribution in [0.15, 0.2) is 24.3 Å². The SMILES string of the molecule is COc1ccc(CCc2n[nH]c(C)c2C=O)cc1. The molecule has 0 fully saturated rings. The molecule has 94 valence electrons. The fourth-order valence-corrected chi connectivity index (χ4v) is 1.89. The summed E-state index contributed by atoms with van der Waals surface area (Å²) in [5, 5.41) is 7.00. The number of H-pyrrole nitrogens is 1. The Kier molecular flexibility index (Phi) is 3.77. The molecule has 0 bridgehead atoms. The predicted octanol–water partition coefficient (Wildman–Crippen LogP) is 2.32. The first kappa shape index (κ1) is 12.4. The molecule has 0 spiro atoms. The van der Waals surface area contributed by atoms with Gasteiger partial charge in [-0.25, -0.2) is 0 Å². The van der Waals surface area contributed by atoms with E-state index < -0.39 is 0 Å². The quantitative estimate of drug-likeness (QED) is 0.821. The Morgan fingerprint density at radius 3 is 2.61 bits per heavy atom. The summed E-state index contributed by atoms with van der Waals surface area (Å²) >= 11 is 0. The summed E-state index contributed by atoms with van der Waals surface area (Å²) in [6, 6.07) is 7.93. The van der Waals surface area contributed by atoms with E-state index >= 15 is 0 Å². The topological polar surface area (TPSA) is 55.0 Å². The molecule has 0 radical (unpaired) electrons. The highest BCUT2D eigenvalue weighted by Gasteiger charge is 2.09. The van der Waals surface area contributed by atoms with Crippen LogP contribution >= 0.6 is 0 Å². The summed E-state index contributed by atoms with van der Waals surface area (Å²) in [6.45, 7) is 1.85. The van der Waals surface area contributed by atoms with Gasteiger partial charge in [-0.05, 0) is 37.5 Å². The van der Waals surface area contributed by atoms with E-state index in [2.05, 4.69) is 10.2 Å². The van der Waals surface area contributed by atoms with Crippen molar-refractivity contribution in [1.29, 1.82) is 0 Å². The van der Waals surface area contributed by atoms with Gasteiger partial charge in [0.15, 0.2) is 6.29 Å². The largest absolute Gasteiger partial charge is 0.497 e. The van der Waals surface area contributed by atoms with Crippen LogP contribution in [0, 0.1) is 6.92 Å². The molecule has 2 rings (SSSR count). The van der Waals surface area contributed by atoms with E-state index in [-0.39, 0.29) is 0 Å². The first-order valence-corrected chi connectivity index (χ1v) is 5.86. The number of hydrogen-bond donors (Lipinski definition) is 1. The van der Waals surface area contributed by atoms with Crippen LogP contribution in [0.3, 0.4) is 0 Å². The Balaban J connectivity index is 2.04. The standard InChI is InChI=1S/C14H16N2O2/c1-10-13(9-17)14(16-15-10)8-5-11-3-6-12(18-2)7-4-11/h3-4,6-7,9H,5,8H2,1-2H3,(H,15,16). The Morgan fingerprint density at radius 1 is 1.28 bits per heavy atom. The van der Waals surface area contributed by atoms with Crippen LogP contribution in [0.2, 0.25) is 0 Å². The number of aldehydes is 1. The van der Waals surface area contributed by atoms with Gasteiger partial charge in [-0.15, -0.1) is 0 Å². The van der Waals surface area contributed by atoms with Crippen LogP contribution in [0.25, 0.3) is 0 Å². The van der Waals surface area contributed by atoms with Gasteiger partial charge in [0.25, 0.3) is 0 Å². The molecule has 1 heterocycles. The molecule has 1 aromatic carbocycles. The molecule has 0 amide bonds. The van der Waals surface area contributed by atoms with Crippen molar-refractivity contribution < 1.29 is 9.53 Å². The maximum absolute atomic E-state index is 10.9. The first-order chi connectivity index (χ1) is 8.74. The third kappa shape index (κ3) is 2.59. The molecule has 0 aliphatic carbocycles. The van der Waals surface area contributed by atoms with Crippen LogP contribution in [-0.4, -0.2) is 23.6 Å². The molecule has 1 N–H and O–H groups in total. The second-order valence-electron chi connectivity index (χ2n) is 4.17. The number of nitrogens with zero attached hydrogens (tertiary/aromatic N) is 1. The van der Waals surface area contributed by atoms with Crippen molar-refractivity contribution in [1.82, 2.24) is 10.2 Å². The van der Waals surface area contributed by atoms with Gasteiger partial charge in [0, 0.05) is 5.69 Å². The van der Waals surface area contributed by atoms with Crippen LogP contribution in [0.4, 0.5) is 0 Å². The highest BCUT2D eigenvalue weighted by molar-refractivity contribution is 5.78. The summed E-state index contributed by atoms with van der Waals surface area (Å²) in [5.41, 5.74) is 3.55. The molecule has 4 nitrogen and oxygen atoms in total. The van der Waals surface area contributed by atoms with Crippen molar-refractivity contribution in [3.8, 4) is 5.75 Å². The Hall–Kier alpha value is -2.10. The molecule has 0 aliphatic heterocycles. The Labute approximate surface area is 106 Å². The van der Waals surface area contributed by atoms with Gasteiger partial charge in [0.2, 0.25) is 0 Å². The summed E-state index contributed by atoms with van der Waals surface area (Å²) in [6.07, 6.45) is 2.47. The monoisotopic (exact) mass is 244 g/mol. The van der Waals surface area contributed by atoms with Gasteiger partial charge in [-0.1, -0.05) is 12.1 Å². The molecule has 0 unspecified atom stereocenters. The minimum atomic E-state index is 0.684. The molecule has 4 heteroatoms. The molecule has 0 saturated heterocycles. The van der Waals surface area contributed by atoms with Crippen molar-refractivity contribution in [3.63, 3.8) is 0 Å². The van der Waals surface area contributed by atoms with Crippen molar-refractivity contribution >= 4 is 6.29 Å². The highest BCUT2D eigenvalue weighted by Crippen LogP contribution is 2.14. The number of carbonyl (C=O) groups is 1. The molecule has 1 aromatic heterocycles. The maximum atomic E-state index is 10.9. The number of aryl methyl sites for hydroxylation is 3. The maximum Gasteiger partial charge on any atom is 0.153 e. The lowest BCUT2D eigenvalue weighted by molar-refractivity contribution is 0.112. The second-order valence-corrected chi connectivity index (χ2v) is 4.17. The normalized spacial score (nSPS) is 10.3. The van der Waals surface area contributed by atoms with Gasteiger partial charge in [0.1, 0.15) is 5.75 Å². The molecule has 0 aliphatic rings. The minimum absolute atomic E-state index is 0.684. The Morgan fingerprint density at radius 2 is 2.00 bits per heavy atom. The molecule has 0 atom stereocenters. The number of aromatic nitrogens is 2. The number of benzene rings is 1. The lowest BCUT2D eigenvalue weighted by Crippen LogP contribution is -1.96. The number of ether oxygens (including phenoxy) is 1. The van der Waals surface area contributed by atoms with Crippen molar-refractivity contribution in [2.24, 2.45) is 0 Å². The van der Waals surface area contributed by atoms with Crippen LogP contribution in [-0.2, 0) is 12.8 Å². The average Bonchev–Trinajstić information content (AvgIpc) is 2.77. The van der Waals surface area contributed by atoms with Gasteiger partial charge in [0.05, 0.1) is 18.4 Å². The van der Waals surface area contributed by atoms with E-state index in [0.717, 1.165) is 36.3 Å². The molecular formula is C14H16N2O2. The first-order valence-electron chi connectivity index (χ1n) is 5.86. The van der Waals surface area contributed by atoms with Gasteiger partial charge in [-0.3, -0.25) is 9.89 Å². The van der Waals surface area contributed by atoms with E-state index in [4.69, 9.17) is 4.74 Å². The fraction of sp³-hybridized carbons (Fsp3) is 0.286. The van der Waals surface area contributed by atoms with E-state index in [1.54, 1.807) is 7.11 Å². The molecule has 0 saturated carbocycles. The number of nitrogens with one attached hydrogen (secondary N) is 1. The van der Waals surface area contributed by atoms with Gasteiger partial charge in [-0.2, -0.15) is 5.10 Å². The van der Waals surface area contributed by atoms with Crippen LogP contribution < -0.4 is 4.74 Å². The lowest BCUT2D eigenvalue weighted by Gasteiger charge is -2.02.